The third-order valence-electron chi connectivity index (χ3n) is 5.88. The molecule has 0 N–H and O–H groups in total. The van der Waals surface area contributed by atoms with Gasteiger partial charge in [0.1, 0.15) is 0 Å². The molecule has 22 heteroatoms. The van der Waals surface area contributed by atoms with Crippen molar-refractivity contribution in [2.75, 3.05) is 0 Å². The Bertz CT molecular complexity index is 2240. The van der Waals surface area contributed by atoms with Crippen LogP contribution in [-0.2, 0) is 29.3 Å². The molecule has 0 amide bonds. The Morgan fingerprint density at radius 3 is 1.43 bits per heavy atom. The molecule has 2 aromatic carbocycles. The fraction of sp³-hybridized carbons (Fsp3) is 0.167. The van der Waals surface area contributed by atoms with Gasteiger partial charge in [-0.25, -0.2) is 13.6 Å². The summed E-state index contributed by atoms with van der Waals surface area (Å²) in [5, 5.41) is -4.91. The van der Waals surface area contributed by atoms with E-state index in [1.165, 1.54) is 0 Å². The minimum absolute atomic E-state index is 0.0540. The van der Waals surface area contributed by atoms with Gasteiger partial charge in [0, 0.05) is 12.8 Å². The van der Waals surface area contributed by atoms with Crippen LogP contribution in [0.25, 0.3) is 21.5 Å². The first-order chi connectivity index (χ1) is 21.4. The van der Waals surface area contributed by atoms with E-state index in [9.17, 15) is 64.3 Å². The smallest absolute Gasteiger partial charge is 0.363 e. The molecule has 0 spiro atoms. The molecule has 0 saturated carbocycles. The molecule has 0 atom stereocenters. The van der Waals surface area contributed by atoms with E-state index in [2.05, 4.69) is 13.9 Å². The van der Waals surface area contributed by atoms with Crippen LogP contribution in [0.3, 0.4) is 0 Å². The van der Waals surface area contributed by atoms with E-state index in [4.69, 9.17) is 23.2 Å². The molecule has 0 radical (unpaired) electrons. The van der Waals surface area contributed by atoms with Gasteiger partial charge in [-0.1, -0.05) is 9.46 Å². The predicted molar refractivity (Wildman–Crippen MR) is 142 cm³/mol. The van der Waals surface area contributed by atoms with Crippen molar-refractivity contribution >= 4 is 77.3 Å². The maximum atomic E-state index is 14.7. The maximum Gasteiger partial charge on any atom is 0.363 e. The molecule has 0 saturated heterocycles. The van der Waals surface area contributed by atoms with Crippen LogP contribution in [-0.4, -0.2) is 40.3 Å². The highest BCUT2D eigenvalue weighted by Crippen LogP contribution is 2.33. The van der Waals surface area contributed by atoms with E-state index in [0.717, 1.165) is 0 Å². The predicted octanol–water partition coefficient (Wildman–Crippen LogP) is 0.238. The highest BCUT2D eigenvalue weighted by atomic mass is 35.5. The summed E-state index contributed by atoms with van der Waals surface area (Å²) in [5.41, 5.74) is -6.09. The average Bonchev–Trinajstić information content (AvgIpc) is 3.34. The van der Waals surface area contributed by atoms with Crippen molar-refractivity contribution in [3.63, 3.8) is 0 Å². The van der Waals surface area contributed by atoms with Gasteiger partial charge in [0.2, 0.25) is 27.9 Å². The lowest BCUT2D eigenvalue weighted by atomic mass is 10.1. The SMILES string of the molecule is O=C(Cl)CCC(=O)Oc1c(F)c(F)c(S(=O)(=O)On2c(=O)c3cc4c(=O)n(OC(=O)CCC(=O)Cl)c(=O)c4cc3c2=O)c(F)c1F. The van der Waals surface area contributed by atoms with Gasteiger partial charge in [-0.15, -0.1) is 0 Å². The van der Waals surface area contributed by atoms with Crippen LogP contribution in [0, 0.1) is 23.3 Å². The van der Waals surface area contributed by atoms with Gasteiger partial charge in [0.15, 0.2) is 16.5 Å². The van der Waals surface area contributed by atoms with E-state index in [0.29, 0.717) is 12.1 Å². The van der Waals surface area contributed by atoms with Crippen LogP contribution in [0.5, 0.6) is 5.75 Å². The molecular formula is C24H10Cl2F4N2O13S. The maximum absolute atomic E-state index is 14.7. The fourth-order valence-corrected chi connectivity index (χ4v) is 5.04. The van der Waals surface area contributed by atoms with Crippen molar-refractivity contribution in [2.45, 2.75) is 30.6 Å². The van der Waals surface area contributed by atoms with E-state index < -0.39 is 141 Å². The van der Waals surface area contributed by atoms with E-state index in [-0.39, 0.29) is 4.73 Å². The minimum atomic E-state index is -6.15. The van der Waals surface area contributed by atoms with Crippen molar-refractivity contribution in [3.05, 3.63) is 76.8 Å². The van der Waals surface area contributed by atoms with Crippen molar-refractivity contribution < 1.29 is 59.0 Å². The van der Waals surface area contributed by atoms with Crippen LogP contribution in [0.1, 0.15) is 25.7 Å². The van der Waals surface area contributed by atoms with Crippen LogP contribution >= 0.6 is 23.2 Å². The Morgan fingerprint density at radius 1 is 0.630 bits per heavy atom. The number of nitrogens with zero attached hydrogens (tertiary/aromatic N) is 2. The van der Waals surface area contributed by atoms with E-state index >= 15 is 0 Å². The number of rotatable bonds is 11. The summed E-state index contributed by atoms with van der Waals surface area (Å²) in [6.45, 7) is 0. The Labute approximate surface area is 258 Å². The Hall–Kier alpha value is -4.95. The molecular weight excluding hydrogens is 703 g/mol. The topological polar surface area (TPSA) is 208 Å². The largest absolute Gasteiger partial charge is 0.420 e. The van der Waals surface area contributed by atoms with Crippen LogP contribution < -0.4 is 36.1 Å². The molecule has 0 bridgehead atoms. The summed E-state index contributed by atoms with van der Waals surface area (Å²) < 4.78 is 91.6. The number of carbonyl (C=O) groups excluding carboxylic acids is 4. The van der Waals surface area contributed by atoms with E-state index in [1.807, 2.05) is 0 Å². The van der Waals surface area contributed by atoms with Crippen molar-refractivity contribution in [3.8, 4) is 5.75 Å². The third-order valence-corrected chi connectivity index (χ3v) is 7.46. The Kier molecular flexibility index (Phi) is 9.18. The summed E-state index contributed by atoms with van der Waals surface area (Å²) >= 11 is 10.1. The third kappa shape index (κ3) is 6.13. The number of aromatic nitrogens is 2. The number of fused-ring (bicyclic) bond motifs is 2. The van der Waals surface area contributed by atoms with Crippen molar-refractivity contribution in [1.82, 2.24) is 9.46 Å². The number of carbonyl (C=O) groups is 4. The standard InChI is InChI=1S/C24H10Cl2F4N2O13S/c25-11(33)1-3-13(35)43-19-15(27)17(29)20(18(30)16(19)28)46(41,42)45-32-23(39)9-5-7-8(6-10(9)24(32)40)22(38)31(21(7)37)44-14(36)4-2-12(26)34/h5-6H,1-4H2. The average molecular weight is 713 g/mol. The first-order valence-electron chi connectivity index (χ1n) is 11.9. The lowest BCUT2D eigenvalue weighted by Gasteiger charge is -2.12. The summed E-state index contributed by atoms with van der Waals surface area (Å²) in [6, 6.07) is 1.19. The van der Waals surface area contributed by atoms with Gasteiger partial charge in [0.05, 0.1) is 34.4 Å². The van der Waals surface area contributed by atoms with Crippen molar-refractivity contribution in [2.24, 2.45) is 0 Å². The zero-order valence-electron chi connectivity index (χ0n) is 21.9. The van der Waals surface area contributed by atoms with Crippen LogP contribution in [0.4, 0.5) is 17.6 Å². The van der Waals surface area contributed by atoms with Gasteiger partial charge in [0.25, 0.3) is 22.2 Å². The molecule has 2 aromatic heterocycles. The minimum Gasteiger partial charge on any atom is -0.420 e. The van der Waals surface area contributed by atoms with Gasteiger partial charge < -0.3 is 9.57 Å². The number of ether oxygens (including phenoxy) is 1. The first-order valence-corrected chi connectivity index (χ1v) is 14.1. The molecule has 0 aliphatic rings. The summed E-state index contributed by atoms with van der Waals surface area (Å²) in [5.74, 6) is -15.5. The molecule has 0 fully saturated rings. The second kappa shape index (κ2) is 12.4. The molecule has 0 aliphatic heterocycles. The van der Waals surface area contributed by atoms with Crippen LogP contribution in [0.2, 0.25) is 0 Å². The summed E-state index contributed by atoms with van der Waals surface area (Å²) in [4.78, 5) is 98.1. The second-order valence-corrected chi connectivity index (χ2v) is 11.2. The molecule has 242 valence electrons. The van der Waals surface area contributed by atoms with Crippen molar-refractivity contribution in [1.29, 1.82) is 0 Å². The number of hydrogen-bond donors (Lipinski definition) is 0. The summed E-state index contributed by atoms with van der Waals surface area (Å²) in [7, 11) is -6.15. The highest BCUT2D eigenvalue weighted by molar-refractivity contribution is 7.87. The normalized spacial score (nSPS) is 11.6. The quantitative estimate of drug-likeness (QED) is 0.0672. The lowest BCUT2D eigenvalue weighted by molar-refractivity contribution is -0.145. The Balaban J connectivity index is 1.75. The molecule has 46 heavy (non-hydrogen) atoms. The second-order valence-electron chi connectivity index (χ2n) is 8.84. The van der Waals surface area contributed by atoms with Gasteiger partial charge in [-0.2, -0.15) is 17.2 Å². The van der Waals surface area contributed by atoms with Gasteiger partial charge in [-0.3, -0.25) is 37.8 Å². The monoisotopic (exact) mass is 712 g/mol. The Morgan fingerprint density at radius 2 is 1.02 bits per heavy atom. The zero-order valence-corrected chi connectivity index (χ0v) is 24.2. The number of hydrogen-bond acceptors (Lipinski definition) is 13. The number of benzene rings is 2. The van der Waals surface area contributed by atoms with Gasteiger partial charge >= 0.3 is 22.1 Å². The number of halogens is 6. The van der Waals surface area contributed by atoms with Gasteiger partial charge in [-0.05, 0) is 35.3 Å². The molecule has 15 nitrogen and oxygen atoms in total. The van der Waals surface area contributed by atoms with E-state index in [1.54, 1.807) is 0 Å². The first kappa shape index (κ1) is 33.9. The highest BCUT2D eigenvalue weighted by Gasteiger charge is 2.37. The fourth-order valence-electron chi connectivity index (χ4n) is 3.83. The molecule has 2 heterocycles. The lowest BCUT2D eigenvalue weighted by Crippen LogP contribution is -2.36. The zero-order chi connectivity index (χ0) is 34.4. The summed E-state index contributed by atoms with van der Waals surface area (Å²) in [6.07, 6.45) is -2.75. The molecule has 0 unspecified atom stereocenters. The number of esters is 1. The molecule has 4 rings (SSSR count). The molecule has 4 aromatic rings. The molecule has 0 aliphatic carbocycles. The van der Waals surface area contributed by atoms with Crippen LogP contribution in [0.15, 0.2) is 36.2 Å².